The Morgan fingerprint density at radius 2 is 1.18 bits per heavy atom. The van der Waals surface area contributed by atoms with E-state index >= 15 is 0 Å². The van der Waals surface area contributed by atoms with E-state index < -0.39 is 0 Å². The topological polar surface area (TPSA) is 81.2 Å². The van der Waals surface area contributed by atoms with Crippen LogP contribution < -0.4 is 0 Å². The number of nitrogens with zero attached hydrogens (tertiary/aromatic N) is 5. The SMILES string of the molecule is N#Cc1ccc2c(c1)c1ccccc1n2-c1cccc(C#N)c1-c1cccc(-c2ccc(C#N)c(-n3c4c(c5ccccc53)C=CCC=C4)c2)c1. The van der Waals surface area contributed by atoms with Crippen LogP contribution in [-0.2, 0) is 0 Å². The van der Waals surface area contributed by atoms with Crippen LogP contribution in [0.1, 0.15) is 34.4 Å². The van der Waals surface area contributed by atoms with Gasteiger partial charge in [0.2, 0.25) is 0 Å². The summed E-state index contributed by atoms with van der Waals surface area (Å²) in [4.78, 5) is 0. The van der Waals surface area contributed by atoms with E-state index in [1.807, 2.05) is 72.8 Å². The molecule has 1 aliphatic rings. The number of hydrogen-bond acceptors (Lipinski definition) is 3. The summed E-state index contributed by atoms with van der Waals surface area (Å²) in [7, 11) is 0. The van der Waals surface area contributed by atoms with E-state index in [4.69, 9.17) is 0 Å². The number of nitriles is 3. The van der Waals surface area contributed by atoms with Gasteiger partial charge in [-0.15, -0.1) is 0 Å². The van der Waals surface area contributed by atoms with Gasteiger partial charge in [-0.25, -0.2) is 0 Å². The Morgan fingerprint density at radius 1 is 0.471 bits per heavy atom. The van der Waals surface area contributed by atoms with Crippen molar-refractivity contribution >= 4 is 44.9 Å². The van der Waals surface area contributed by atoms with Gasteiger partial charge in [0, 0.05) is 27.3 Å². The van der Waals surface area contributed by atoms with Gasteiger partial charge in [0.15, 0.2) is 0 Å². The monoisotopic (exact) mass is 649 g/mol. The highest BCUT2D eigenvalue weighted by atomic mass is 15.0. The van der Waals surface area contributed by atoms with Gasteiger partial charge in [0.25, 0.3) is 0 Å². The Bertz CT molecular complexity index is 2930. The summed E-state index contributed by atoms with van der Waals surface area (Å²) in [5.74, 6) is 0. The van der Waals surface area contributed by atoms with Crippen LogP contribution in [0.4, 0.5) is 0 Å². The first-order chi connectivity index (χ1) is 25.2. The molecule has 51 heavy (non-hydrogen) atoms. The average Bonchev–Trinajstić information content (AvgIpc) is 3.56. The van der Waals surface area contributed by atoms with Crippen molar-refractivity contribution in [1.82, 2.24) is 9.13 Å². The molecule has 5 nitrogen and oxygen atoms in total. The number of benzene rings is 6. The third-order valence-corrected chi connectivity index (χ3v) is 9.83. The summed E-state index contributed by atoms with van der Waals surface area (Å²) >= 11 is 0. The fourth-order valence-electron chi connectivity index (χ4n) is 7.60. The smallest absolute Gasteiger partial charge is 0.101 e. The fraction of sp³-hybridized carbons (Fsp3) is 0.0217. The molecule has 8 aromatic rings. The molecule has 2 aromatic heterocycles. The summed E-state index contributed by atoms with van der Waals surface area (Å²) in [5, 5.41) is 33.6. The van der Waals surface area contributed by atoms with Gasteiger partial charge in [-0.05, 0) is 89.9 Å². The molecule has 0 N–H and O–H groups in total. The van der Waals surface area contributed by atoms with Gasteiger partial charge in [0.05, 0.1) is 62.4 Å². The molecule has 2 heterocycles. The third-order valence-electron chi connectivity index (χ3n) is 9.83. The molecule has 5 heteroatoms. The van der Waals surface area contributed by atoms with Gasteiger partial charge in [0.1, 0.15) is 6.07 Å². The number of para-hydroxylation sites is 2. The summed E-state index contributed by atoms with van der Waals surface area (Å²) < 4.78 is 4.39. The van der Waals surface area contributed by atoms with E-state index in [0.717, 1.165) is 84.0 Å². The Labute approximate surface area is 294 Å². The molecule has 1 aliphatic carbocycles. The van der Waals surface area contributed by atoms with Crippen LogP contribution >= 0.6 is 0 Å². The predicted octanol–water partition coefficient (Wildman–Crippen LogP) is 11.1. The predicted molar refractivity (Wildman–Crippen MR) is 205 cm³/mol. The van der Waals surface area contributed by atoms with Crippen LogP contribution in [-0.4, -0.2) is 9.13 Å². The second kappa shape index (κ2) is 11.9. The average molecular weight is 650 g/mol. The third kappa shape index (κ3) is 4.67. The highest BCUT2D eigenvalue weighted by molar-refractivity contribution is 6.10. The first-order valence-corrected chi connectivity index (χ1v) is 16.8. The molecule has 0 spiro atoms. The molecule has 0 unspecified atom stereocenters. The lowest BCUT2D eigenvalue weighted by molar-refractivity contribution is 1.10. The van der Waals surface area contributed by atoms with Crippen LogP contribution in [0.5, 0.6) is 0 Å². The maximum atomic E-state index is 10.4. The van der Waals surface area contributed by atoms with Crippen molar-refractivity contribution in [3.8, 4) is 51.8 Å². The second-order valence-electron chi connectivity index (χ2n) is 12.6. The summed E-state index contributed by atoms with van der Waals surface area (Å²) in [6.07, 6.45) is 9.50. The van der Waals surface area contributed by atoms with Gasteiger partial charge in [-0.3, -0.25) is 0 Å². The van der Waals surface area contributed by atoms with Crippen LogP contribution in [0.2, 0.25) is 0 Å². The van der Waals surface area contributed by atoms with Crippen molar-refractivity contribution in [3.63, 3.8) is 0 Å². The fourth-order valence-corrected chi connectivity index (χ4v) is 7.60. The Hall–Kier alpha value is -7.39. The van der Waals surface area contributed by atoms with Crippen LogP contribution in [0, 0.1) is 34.0 Å². The van der Waals surface area contributed by atoms with E-state index in [1.54, 1.807) is 0 Å². The number of aromatic nitrogens is 2. The zero-order valence-corrected chi connectivity index (χ0v) is 27.4. The van der Waals surface area contributed by atoms with E-state index in [2.05, 4.69) is 106 Å². The van der Waals surface area contributed by atoms with Crippen molar-refractivity contribution < 1.29 is 0 Å². The second-order valence-corrected chi connectivity index (χ2v) is 12.6. The minimum absolute atomic E-state index is 0.561. The van der Waals surface area contributed by atoms with Crippen LogP contribution in [0.25, 0.3) is 78.5 Å². The molecule has 9 rings (SSSR count). The Morgan fingerprint density at radius 3 is 2.00 bits per heavy atom. The largest absolute Gasteiger partial charge is 0.309 e. The Balaban J connectivity index is 1.25. The zero-order valence-electron chi connectivity index (χ0n) is 27.4. The summed E-state index contributed by atoms with van der Waals surface area (Å²) in [6.45, 7) is 0. The molecule has 0 saturated carbocycles. The first kappa shape index (κ1) is 29.7. The maximum absolute atomic E-state index is 10.4. The lowest BCUT2D eigenvalue weighted by Gasteiger charge is -2.17. The van der Waals surface area contributed by atoms with Crippen molar-refractivity contribution in [2.75, 3.05) is 0 Å². The van der Waals surface area contributed by atoms with E-state index in [9.17, 15) is 15.8 Å². The highest BCUT2D eigenvalue weighted by Crippen LogP contribution is 2.40. The Kier molecular flexibility index (Phi) is 6.96. The molecule has 0 radical (unpaired) electrons. The minimum atomic E-state index is 0.561. The molecular formula is C46H27N5. The van der Waals surface area contributed by atoms with E-state index in [1.165, 1.54) is 0 Å². The normalized spacial score (nSPS) is 12.0. The standard InChI is InChI=1S/C46H27N5/c47-27-30-20-23-43-39(24-30)38-15-5-7-18-42(38)50(43)44-19-9-12-35(29-49)46(44)33-11-8-10-31(25-33)32-21-22-34(28-48)45(26-32)51-40-16-3-1-2-13-36(40)37-14-4-6-17-41(37)51/h2-26H,1H2. The molecule has 0 aliphatic heterocycles. The number of fused-ring (bicyclic) bond motifs is 6. The zero-order chi connectivity index (χ0) is 34.5. The molecule has 0 fully saturated rings. The van der Waals surface area contributed by atoms with Crippen LogP contribution in [0.3, 0.4) is 0 Å². The number of hydrogen-bond donors (Lipinski definition) is 0. The summed E-state index contributed by atoms with van der Waals surface area (Å²) in [5.41, 5.74) is 12.3. The molecule has 0 bridgehead atoms. The molecular weight excluding hydrogens is 623 g/mol. The van der Waals surface area contributed by atoms with E-state index in [0.29, 0.717) is 16.7 Å². The maximum Gasteiger partial charge on any atom is 0.101 e. The van der Waals surface area contributed by atoms with Gasteiger partial charge in [-0.1, -0.05) is 85.0 Å². The highest BCUT2D eigenvalue weighted by Gasteiger charge is 2.21. The molecule has 6 aromatic carbocycles. The van der Waals surface area contributed by atoms with Gasteiger partial charge in [-0.2, -0.15) is 15.8 Å². The lowest BCUT2D eigenvalue weighted by Crippen LogP contribution is -2.01. The quantitative estimate of drug-likeness (QED) is 0.190. The molecule has 0 atom stereocenters. The summed E-state index contributed by atoms with van der Waals surface area (Å²) in [6, 6.07) is 49.6. The molecule has 236 valence electrons. The van der Waals surface area contributed by atoms with Crippen molar-refractivity contribution in [2.45, 2.75) is 6.42 Å². The number of allylic oxidation sites excluding steroid dienone is 2. The first-order valence-electron chi connectivity index (χ1n) is 16.8. The van der Waals surface area contributed by atoms with E-state index in [-0.39, 0.29) is 0 Å². The van der Waals surface area contributed by atoms with Crippen molar-refractivity contribution in [2.24, 2.45) is 0 Å². The van der Waals surface area contributed by atoms with Crippen molar-refractivity contribution in [3.05, 3.63) is 167 Å². The van der Waals surface area contributed by atoms with Gasteiger partial charge < -0.3 is 9.13 Å². The van der Waals surface area contributed by atoms with Crippen molar-refractivity contribution in [1.29, 1.82) is 15.8 Å². The lowest BCUT2D eigenvalue weighted by atomic mass is 9.94. The molecule has 0 amide bonds. The van der Waals surface area contributed by atoms with Gasteiger partial charge >= 0.3 is 0 Å². The van der Waals surface area contributed by atoms with Crippen LogP contribution in [0.15, 0.2) is 140 Å². The molecule has 0 saturated heterocycles. The minimum Gasteiger partial charge on any atom is -0.309 e. The number of rotatable bonds is 4.